The van der Waals surface area contributed by atoms with Crippen LogP contribution < -0.4 is 0 Å². The molecule has 2 aromatic heterocycles. The van der Waals surface area contributed by atoms with E-state index in [4.69, 9.17) is 4.74 Å². The van der Waals surface area contributed by atoms with Gasteiger partial charge in [-0.25, -0.2) is 0 Å². The lowest BCUT2D eigenvalue weighted by Gasteiger charge is -2.48. The molecular formula is C20H29N3OS. The van der Waals surface area contributed by atoms with Crippen LogP contribution in [0.25, 0.3) is 0 Å². The molecule has 136 valence electrons. The second-order valence-corrected chi connectivity index (χ2v) is 8.73. The first-order valence-electron chi connectivity index (χ1n) is 9.61. The molecule has 2 aliphatic heterocycles. The number of ether oxygens (including phenoxy) is 1. The first kappa shape index (κ1) is 17.3. The minimum atomic E-state index is -0.0381. The first-order chi connectivity index (χ1) is 12.1. The minimum absolute atomic E-state index is 0.0381. The Kier molecular flexibility index (Phi) is 4.73. The monoisotopic (exact) mass is 359 g/mol. The molecule has 1 saturated heterocycles. The highest BCUT2D eigenvalue weighted by molar-refractivity contribution is 7.12. The van der Waals surface area contributed by atoms with Crippen molar-refractivity contribution in [3.63, 3.8) is 0 Å². The third-order valence-electron chi connectivity index (χ3n) is 5.91. The summed E-state index contributed by atoms with van der Waals surface area (Å²) in [6.45, 7) is 7.56. The third-order valence-corrected chi connectivity index (χ3v) is 7.25. The molecule has 1 fully saturated rings. The summed E-state index contributed by atoms with van der Waals surface area (Å²) >= 11 is 2.01. The second kappa shape index (κ2) is 6.86. The van der Waals surface area contributed by atoms with E-state index in [-0.39, 0.29) is 5.60 Å². The van der Waals surface area contributed by atoms with E-state index >= 15 is 0 Å². The number of rotatable bonds is 4. The molecule has 0 N–H and O–H groups in total. The van der Waals surface area contributed by atoms with E-state index in [1.165, 1.54) is 22.4 Å². The van der Waals surface area contributed by atoms with Gasteiger partial charge in [-0.05, 0) is 37.3 Å². The number of hydrogen-bond donors (Lipinski definition) is 0. The van der Waals surface area contributed by atoms with Crippen molar-refractivity contribution in [1.29, 1.82) is 0 Å². The van der Waals surface area contributed by atoms with Gasteiger partial charge < -0.3 is 4.74 Å². The van der Waals surface area contributed by atoms with Gasteiger partial charge in [0, 0.05) is 54.1 Å². The van der Waals surface area contributed by atoms with Crippen LogP contribution in [0.2, 0.25) is 0 Å². The van der Waals surface area contributed by atoms with Gasteiger partial charge in [0.2, 0.25) is 0 Å². The molecule has 0 radical (unpaired) electrons. The fourth-order valence-corrected chi connectivity index (χ4v) is 5.72. The smallest absolute Gasteiger partial charge is 0.0969 e. The molecule has 4 nitrogen and oxygen atoms in total. The topological polar surface area (TPSA) is 30.3 Å². The Morgan fingerprint density at radius 3 is 3.00 bits per heavy atom. The number of hydrogen-bond acceptors (Lipinski definition) is 4. The van der Waals surface area contributed by atoms with Gasteiger partial charge in [-0.2, -0.15) is 5.10 Å². The zero-order valence-corrected chi connectivity index (χ0v) is 16.4. The molecule has 0 saturated carbocycles. The van der Waals surface area contributed by atoms with Crippen LogP contribution in [0.3, 0.4) is 0 Å². The molecule has 2 aromatic rings. The number of nitrogens with zero attached hydrogens (tertiary/aromatic N) is 3. The Balaban J connectivity index is 1.56. The van der Waals surface area contributed by atoms with E-state index in [0.29, 0.717) is 6.04 Å². The highest BCUT2D eigenvalue weighted by atomic mass is 32.1. The van der Waals surface area contributed by atoms with Crippen LogP contribution in [0.1, 0.15) is 54.0 Å². The lowest BCUT2D eigenvalue weighted by Crippen LogP contribution is -2.50. The van der Waals surface area contributed by atoms with E-state index in [9.17, 15) is 0 Å². The summed E-state index contributed by atoms with van der Waals surface area (Å²) in [5, 5.41) is 4.32. The molecule has 0 amide bonds. The van der Waals surface area contributed by atoms with Gasteiger partial charge in [-0.3, -0.25) is 9.58 Å². The summed E-state index contributed by atoms with van der Waals surface area (Å²) in [7, 11) is 1.99. The van der Waals surface area contributed by atoms with Crippen LogP contribution in [0, 0.1) is 0 Å². The maximum atomic E-state index is 6.49. The largest absolute Gasteiger partial charge is 0.370 e. The maximum Gasteiger partial charge on any atom is 0.0969 e. The van der Waals surface area contributed by atoms with Crippen molar-refractivity contribution in [2.75, 3.05) is 13.2 Å². The number of aromatic nitrogens is 2. The predicted octanol–water partition coefficient (Wildman–Crippen LogP) is 3.89. The zero-order valence-electron chi connectivity index (χ0n) is 15.6. The predicted molar refractivity (Wildman–Crippen MR) is 102 cm³/mol. The molecular weight excluding hydrogens is 330 g/mol. The molecule has 1 spiro atoms. The van der Waals surface area contributed by atoms with Crippen LogP contribution in [0.4, 0.5) is 0 Å². The molecule has 4 heterocycles. The SMILES string of the molecule is CCc1cc2c(s1)CCOC21CCN(Cc2cnn(C)c2)C(CC)C1. The molecule has 2 aliphatic rings. The minimum Gasteiger partial charge on any atom is -0.370 e. The Bertz CT molecular complexity index is 737. The van der Waals surface area contributed by atoms with Crippen LogP contribution in [0.5, 0.6) is 0 Å². The second-order valence-electron chi connectivity index (χ2n) is 7.50. The van der Waals surface area contributed by atoms with Crippen molar-refractivity contribution < 1.29 is 4.74 Å². The van der Waals surface area contributed by atoms with Gasteiger partial charge in [0.1, 0.15) is 0 Å². The Morgan fingerprint density at radius 2 is 2.28 bits per heavy atom. The Hall–Kier alpha value is -1.17. The molecule has 4 rings (SSSR count). The lowest BCUT2D eigenvalue weighted by molar-refractivity contribution is -0.115. The van der Waals surface area contributed by atoms with E-state index in [1.807, 2.05) is 29.3 Å². The van der Waals surface area contributed by atoms with Gasteiger partial charge in [0.05, 0.1) is 18.4 Å². The van der Waals surface area contributed by atoms with Crippen LogP contribution in [0.15, 0.2) is 18.5 Å². The normalized spacial score (nSPS) is 26.9. The van der Waals surface area contributed by atoms with Crippen molar-refractivity contribution >= 4 is 11.3 Å². The number of likely N-dealkylation sites (tertiary alicyclic amines) is 1. The van der Waals surface area contributed by atoms with Crippen LogP contribution in [-0.4, -0.2) is 33.9 Å². The zero-order chi connectivity index (χ0) is 17.4. The van der Waals surface area contributed by atoms with E-state index in [1.54, 1.807) is 4.88 Å². The van der Waals surface area contributed by atoms with Gasteiger partial charge in [0.25, 0.3) is 0 Å². The van der Waals surface area contributed by atoms with E-state index in [0.717, 1.165) is 45.4 Å². The first-order valence-corrected chi connectivity index (χ1v) is 10.4. The van der Waals surface area contributed by atoms with E-state index in [2.05, 4.69) is 36.1 Å². The fourth-order valence-electron chi connectivity index (χ4n) is 4.54. The molecule has 0 aliphatic carbocycles. The highest BCUT2D eigenvalue weighted by Gasteiger charge is 2.45. The van der Waals surface area contributed by atoms with Crippen molar-refractivity contribution in [1.82, 2.24) is 14.7 Å². The molecule has 5 heteroatoms. The molecule has 25 heavy (non-hydrogen) atoms. The van der Waals surface area contributed by atoms with Gasteiger partial charge >= 0.3 is 0 Å². The summed E-state index contributed by atoms with van der Waals surface area (Å²) in [5.41, 5.74) is 2.79. The molecule has 2 unspecified atom stereocenters. The van der Waals surface area contributed by atoms with Crippen molar-refractivity contribution in [3.8, 4) is 0 Å². The quantitative estimate of drug-likeness (QED) is 0.830. The number of piperidine rings is 1. The standard InChI is InChI=1S/C20H29N3OS/c1-4-16-11-20(7-8-23(16)14-15-12-21-22(3)13-15)18-10-17(5-2)25-19(18)6-9-24-20/h10,12-13,16H,4-9,11,14H2,1-3H3. The highest BCUT2D eigenvalue weighted by Crippen LogP contribution is 2.46. The van der Waals surface area contributed by atoms with E-state index < -0.39 is 0 Å². The Labute approximate surface area is 154 Å². The van der Waals surface area contributed by atoms with Crippen LogP contribution >= 0.6 is 11.3 Å². The average Bonchev–Trinajstić information content (AvgIpc) is 3.23. The lowest BCUT2D eigenvalue weighted by atomic mass is 9.78. The molecule has 2 atom stereocenters. The Morgan fingerprint density at radius 1 is 1.40 bits per heavy atom. The number of aryl methyl sites for hydroxylation is 2. The van der Waals surface area contributed by atoms with Crippen molar-refractivity contribution in [2.45, 2.75) is 64.1 Å². The summed E-state index contributed by atoms with van der Waals surface area (Å²) in [6.07, 6.45) is 9.77. The van der Waals surface area contributed by atoms with Crippen LogP contribution in [-0.2, 0) is 36.8 Å². The summed E-state index contributed by atoms with van der Waals surface area (Å²) < 4.78 is 8.39. The maximum absolute atomic E-state index is 6.49. The number of fused-ring (bicyclic) bond motifs is 2. The summed E-state index contributed by atoms with van der Waals surface area (Å²) in [6, 6.07) is 3.02. The molecule has 0 aromatic carbocycles. The van der Waals surface area contributed by atoms with Crippen molar-refractivity contribution in [3.05, 3.63) is 39.3 Å². The van der Waals surface area contributed by atoms with Gasteiger partial charge in [0.15, 0.2) is 0 Å². The van der Waals surface area contributed by atoms with Gasteiger partial charge in [-0.15, -0.1) is 11.3 Å². The summed E-state index contributed by atoms with van der Waals surface area (Å²) in [4.78, 5) is 5.73. The summed E-state index contributed by atoms with van der Waals surface area (Å²) in [5.74, 6) is 0. The molecule has 0 bridgehead atoms. The van der Waals surface area contributed by atoms with Crippen molar-refractivity contribution in [2.24, 2.45) is 7.05 Å². The number of thiophene rings is 1. The third kappa shape index (κ3) is 3.18. The van der Waals surface area contributed by atoms with Gasteiger partial charge in [-0.1, -0.05) is 13.8 Å². The average molecular weight is 360 g/mol. The fraction of sp³-hybridized carbons (Fsp3) is 0.650.